The van der Waals surface area contributed by atoms with Crippen LogP contribution in [0.15, 0.2) is 0 Å². The molecule has 2 atom stereocenters. The maximum absolute atomic E-state index is 8.72. The van der Waals surface area contributed by atoms with E-state index in [0.717, 1.165) is 18.9 Å². The van der Waals surface area contributed by atoms with Crippen molar-refractivity contribution in [3.8, 4) is 6.07 Å². The largest absolute Gasteiger partial charge is 0.329 e. The minimum absolute atomic E-state index is 0.383. The van der Waals surface area contributed by atoms with Crippen LogP contribution in [0.1, 0.15) is 32.6 Å². The number of nitrogens with two attached hydrogens (primary N) is 1. The van der Waals surface area contributed by atoms with Crippen LogP contribution in [-0.2, 0) is 0 Å². The van der Waals surface area contributed by atoms with E-state index in [1.165, 1.54) is 12.8 Å². The molecule has 0 saturated heterocycles. The highest BCUT2D eigenvalue weighted by atomic mass is 15.2. The monoisotopic (exact) mass is 195 g/mol. The van der Waals surface area contributed by atoms with E-state index in [-0.39, 0.29) is 0 Å². The first-order valence-corrected chi connectivity index (χ1v) is 5.53. The molecule has 0 aromatic carbocycles. The van der Waals surface area contributed by atoms with Gasteiger partial charge in [-0.15, -0.1) is 0 Å². The summed E-state index contributed by atoms with van der Waals surface area (Å²) < 4.78 is 0. The third-order valence-electron chi connectivity index (χ3n) is 3.30. The summed E-state index contributed by atoms with van der Waals surface area (Å²) in [5.74, 6) is 0.790. The second kappa shape index (κ2) is 5.33. The van der Waals surface area contributed by atoms with Crippen molar-refractivity contribution in [2.24, 2.45) is 11.7 Å². The lowest BCUT2D eigenvalue weighted by Gasteiger charge is -2.33. The SMILES string of the molecule is CCC(CC#N)N(C)C(CN)C1CC1. The lowest BCUT2D eigenvalue weighted by atomic mass is 10.1. The highest BCUT2D eigenvalue weighted by Gasteiger charge is 2.34. The first-order valence-electron chi connectivity index (χ1n) is 5.53. The van der Waals surface area contributed by atoms with Gasteiger partial charge in [0.05, 0.1) is 12.5 Å². The average molecular weight is 195 g/mol. The predicted octanol–water partition coefficient (Wildman–Crippen LogP) is 1.35. The fraction of sp³-hybridized carbons (Fsp3) is 0.909. The Morgan fingerprint density at radius 2 is 2.21 bits per heavy atom. The molecule has 0 aromatic heterocycles. The number of nitriles is 1. The van der Waals surface area contributed by atoms with Crippen molar-refractivity contribution in [3.63, 3.8) is 0 Å². The van der Waals surface area contributed by atoms with E-state index in [9.17, 15) is 0 Å². The molecule has 3 heteroatoms. The van der Waals surface area contributed by atoms with Gasteiger partial charge in [0.2, 0.25) is 0 Å². The van der Waals surface area contributed by atoms with Gasteiger partial charge < -0.3 is 5.73 Å². The molecule has 0 radical (unpaired) electrons. The Morgan fingerprint density at radius 1 is 1.57 bits per heavy atom. The summed E-state index contributed by atoms with van der Waals surface area (Å²) in [6.45, 7) is 2.86. The van der Waals surface area contributed by atoms with Crippen molar-refractivity contribution in [1.82, 2.24) is 4.90 Å². The zero-order chi connectivity index (χ0) is 10.6. The van der Waals surface area contributed by atoms with Crippen LogP contribution in [0.2, 0.25) is 0 Å². The molecule has 1 fully saturated rings. The van der Waals surface area contributed by atoms with Gasteiger partial charge in [-0.25, -0.2) is 0 Å². The Morgan fingerprint density at radius 3 is 2.57 bits per heavy atom. The van der Waals surface area contributed by atoms with Crippen molar-refractivity contribution >= 4 is 0 Å². The van der Waals surface area contributed by atoms with E-state index >= 15 is 0 Å². The molecule has 3 nitrogen and oxygen atoms in total. The molecule has 14 heavy (non-hydrogen) atoms. The van der Waals surface area contributed by atoms with E-state index < -0.39 is 0 Å². The molecular weight excluding hydrogens is 174 g/mol. The van der Waals surface area contributed by atoms with E-state index in [2.05, 4.69) is 24.9 Å². The summed E-state index contributed by atoms with van der Waals surface area (Å²) in [6, 6.07) is 3.13. The lowest BCUT2D eigenvalue weighted by Crippen LogP contribution is -2.45. The molecule has 1 aliphatic carbocycles. The van der Waals surface area contributed by atoms with Gasteiger partial charge in [-0.3, -0.25) is 4.90 Å². The van der Waals surface area contributed by atoms with Gasteiger partial charge in [0, 0.05) is 18.6 Å². The van der Waals surface area contributed by atoms with Crippen molar-refractivity contribution in [2.45, 2.75) is 44.7 Å². The molecule has 2 unspecified atom stereocenters. The summed E-state index contributed by atoms with van der Waals surface area (Å²) in [5, 5.41) is 8.72. The third kappa shape index (κ3) is 2.70. The first kappa shape index (κ1) is 11.5. The lowest BCUT2D eigenvalue weighted by molar-refractivity contribution is 0.156. The van der Waals surface area contributed by atoms with Crippen LogP contribution in [0.5, 0.6) is 0 Å². The zero-order valence-corrected chi connectivity index (χ0v) is 9.24. The molecule has 0 bridgehead atoms. The van der Waals surface area contributed by atoms with Gasteiger partial charge in [0.1, 0.15) is 0 Å². The van der Waals surface area contributed by atoms with E-state index in [0.29, 0.717) is 18.5 Å². The highest BCUT2D eigenvalue weighted by molar-refractivity contribution is 4.92. The zero-order valence-electron chi connectivity index (χ0n) is 9.24. The normalized spacial score (nSPS) is 20.5. The number of hydrogen-bond donors (Lipinski definition) is 1. The fourth-order valence-corrected chi connectivity index (χ4v) is 2.12. The first-order chi connectivity index (χ1) is 6.74. The molecule has 1 rings (SSSR count). The molecular formula is C11H21N3. The Kier molecular flexibility index (Phi) is 4.37. The van der Waals surface area contributed by atoms with Gasteiger partial charge >= 0.3 is 0 Å². The van der Waals surface area contributed by atoms with Crippen LogP contribution in [0.3, 0.4) is 0 Å². The quantitative estimate of drug-likeness (QED) is 0.696. The summed E-state index contributed by atoms with van der Waals surface area (Å²) in [4.78, 5) is 2.32. The summed E-state index contributed by atoms with van der Waals surface area (Å²) in [7, 11) is 2.11. The van der Waals surface area contributed by atoms with Crippen molar-refractivity contribution in [2.75, 3.05) is 13.6 Å². The van der Waals surface area contributed by atoms with Crippen LogP contribution in [0, 0.1) is 17.2 Å². The van der Waals surface area contributed by atoms with Crippen molar-refractivity contribution < 1.29 is 0 Å². The molecule has 0 amide bonds. The van der Waals surface area contributed by atoms with E-state index in [4.69, 9.17) is 11.0 Å². The second-order valence-corrected chi connectivity index (χ2v) is 4.23. The van der Waals surface area contributed by atoms with Gasteiger partial charge in [-0.2, -0.15) is 5.26 Å². The van der Waals surface area contributed by atoms with Crippen LogP contribution in [-0.4, -0.2) is 30.6 Å². The highest BCUT2D eigenvalue weighted by Crippen LogP contribution is 2.35. The summed E-state index contributed by atoms with van der Waals surface area (Å²) in [5.41, 5.74) is 5.78. The number of hydrogen-bond acceptors (Lipinski definition) is 3. The van der Waals surface area contributed by atoms with E-state index in [1.54, 1.807) is 0 Å². The van der Waals surface area contributed by atoms with Crippen molar-refractivity contribution in [3.05, 3.63) is 0 Å². The number of rotatable bonds is 6. The topological polar surface area (TPSA) is 53.0 Å². The maximum atomic E-state index is 8.72. The summed E-state index contributed by atoms with van der Waals surface area (Å²) >= 11 is 0. The minimum atomic E-state index is 0.383. The van der Waals surface area contributed by atoms with Crippen molar-refractivity contribution in [1.29, 1.82) is 5.26 Å². The average Bonchev–Trinajstić information content (AvgIpc) is 2.99. The fourth-order valence-electron chi connectivity index (χ4n) is 2.12. The Bertz CT molecular complexity index is 205. The van der Waals surface area contributed by atoms with E-state index in [1.807, 2.05) is 0 Å². The number of likely N-dealkylation sites (N-methyl/N-ethyl adjacent to an activating group) is 1. The standard InChI is InChI=1S/C11H21N3/c1-3-10(6-7-12)14(2)11(8-13)9-4-5-9/h9-11H,3-6,8,13H2,1-2H3. The molecule has 1 saturated carbocycles. The van der Waals surface area contributed by atoms with Crippen LogP contribution in [0.25, 0.3) is 0 Å². The second-order valence-electron chi connectivity index (χ2n) is 4.23. The Hall–Kier alpha value is -0.590. The van der Waals surface area contributed by atoms with Gasteiger partial charge in [0.15, 0.2) is 0 Å². The molecule has 0 aromatic rings. The summed E-state index contributed by atoms with van der Waals surface area (Å²) in [6.07, 6.45) is 4.29. The van der Waals surface area contributed by atoms with Gasteiger partial charge in [0.25, 0.3) is 0 Å². The van der Waals surface area contributed by atoms with Gasteiger partial charge in [-0.1, -0.05) is 6.92 Å². The predicted molar refractivity (Wildman–Crippen MR) is 57.6 cm³/mol. The molecule has 0 aliphatic heterocycles. The Labute approximate surface area is 86.9 Å². The van der Waals surface area contributed by atoms with Crippen LogP contribution in [0.4, 0.5) is 0 Å². The molecule has 2 N–H and O–H groups in total. The maximum Gasteiger partial charge on any atom is 0.0638 e. The van der Waals surface area contributed by atoms with Crippen LogP contribution >= 0.6 is 0 Å². The molecule has 0 spiro atoms. The van der Waals surface area contributed by atoms with Crippen LogP contribution < -0.4 is 5.73 Å². The Balaban J connectivity index is 2.50. The van der Waals surface area contributed by atoms with Gasteiger partial charge in [-0.05, 0) is 32.2 Å². The molecule has 80 valence electrons. The smallest absolute Gasteiger partial charge is 0.0638 e. The molecule has 1 aliphatic rings. The third-order valence-corrected chi connectivity index (χ3v) is 3.30. The number of nitrogens with zero attached hydrogens (tertiary/aromatic N) is 2. The minimum Gasteiger partial charge on any atom is -0.329 e. The molecule has 0 heterocycles.